The van der Waals surface area contributed by atoms with Crippen molar-refractivity contribution in [2.75, 3.05) is 7.11 Å². The fourth-order valence-corrected chi connectivity index (χ4v) is 2.45. The summed E-state index contributed by atoms with van der Waals surface area (Å²) in [7, 11) is 1.69. The minimum Gasteiger partial charge on any atom is -0.497 e. The SMILES string of the molecule is COc1ccc2[nH]c(CN[C@@H](C)Cn3ccnc3)cc2c1. The minimum absolute atomic E-state index is 0.375. The van der Waals surface area contributed by atoms with E-state index in [2.05, 4.69) is 32.8 Å². The topological polar surface area (TPSA) is 54.9 Å². The molecule has 0 spiro atoms. The Balaban J connectivity index is 1.62. The summed E-state index contributed by atoms with van der Waals surface area (Å²) in [5.41, 5.74) is 2.31. The lowest BCUT2D eigenvalue weighted by atomic mass is 10.2. The molecule has 2 N–H and O–H groups in total. The summed E-state index contributed by atoms with van der Waals surface area (Å²) in [6.45, 7) is 3.90. The molecule has 0 aliphatic heterocycles. The van der Waals surface area contributed by atoms with Gasteiger partial charge < -0.3 is 19.6 Å². The Kier molecular flexibility index (Phi) is 3.92. The molecule has 1 aromatic carbocycles. The van der Waals surface area contributed by atoms with E-state index in [0.717, 1.165) is 24.4 Å². The van der Waals surface area contributed by atoms with Gasteiger partial charge in [-0.05, 0) is 31.2 Å². The maximum atomic E-state index is 5.25. The summed E-state index contributed by atoms with van der Waals surface area (Å²) < 4.78 is 7.33. The van der Waals surface area contributed by atoms with Crippen LogP contribution in [0.4, 0.5) is 0 Å². The molecule has 1 atom stereocenters. The zero-order valence-corrected chi connectivity index (χ0v) is 12.3. The van der Waals surface area contributed by atoms with Gasteiger partial charge in [-0.25, -0.2) is 4.98 Å². The van der Waals surface area contributed by atoms with Gasteiger partial charge in [-0.15, -0.1) is 0 Å². The zero-order valence-electron chi connectivity index (χ0n) is 12.3. The van der Waals surface area contributed by atoms with E-state index in [0.29, 0.717) is 6.04 Å². The largest absolute Gasteiger partial charge is 0.497 e. The number of imidazole rings is 1. The summed E-state index contributed by atoms with van der Waals surface area (Å²) in [6.07, 6.45) is 5.62. The standard InChI is InChI=1S/C16H20N4O/c1-12(10-20-6-5-17-11-20)18-9-14-7-13-8-15(21-2)3-4-16(13)19-14/h3-8,11-12,18-19H,9-10H2,1-2H3/t12-/m0/s1. The molecule has 0 aliphatic carbocycles. The molecule has 3 aromatic rings. The smallest absolute Gasteiger partial charge is 0.119 e. The monoisotopic (exact) mass is 284 g/mol. The highest BCUT2D eigenvalue weighted by atomic mass is 16.5. The van der Waals surface area contributed by atoms with Crippen molar-refractivity contribution in [1.29, 1.82) is 0 Å². The molecule has 2 heterocycles. The predicted octanol–water partition coefficient (Wildman–Crippen LogP) is 2.55. The number of H-pyrrole nitrogens is 1. The van der Waals surface area contributed by atoms with Crippen molar-refractivity contribution >= 4 is 10.9 Å². The van der Waals surface area contributed by atoms with Crippen LogP contribution in [0.15, 0.2) is 43.0 Å². The second-order valence-electron chi connectivity index (χ2n) is 5.29. The molecule has 0 amide bonds. The van der Waals surface area contributed by atoms with Crippen LogP contribution in [0.5, 0.6) is 5.75 Å². The van der Waals surface area contributed by atoms with E-state index in [1.54, 1.807) is 13.3 Å². The van der Waals surface area contributed by atoms with Crippen molar-refractivity contribution in [2.45, 2.75) is 26.1 Å². The molecule has 0 saturated heterocycles. The number of methoxy groups -OCH3 is 1. The van der Waals surface area contributed by atoms with Crippen LogP contribution in [0.1, 0.15) is 12.6 Å². The predicted molar refractivity (Wildman–Crippen MR) is 83.4 cm³/mol. The molecule has 0 bridgehead atoms. The molecular weight excluding hydrogens is 264 g/mol. The number of nitrogens with zero attached hydrogens (tertiary/aromatic N) is 2. The fourth-order valence-electron chi connectivity index (χ4n) is 2.45. The van der Waals surface area contributed by atoms with E-state index >= 15 is 0 Å². The highest BCUT2D eigenvalue weighted by Crippen LogP contribution is 2.21. The minimum atomic E-state index is 0.375. The summed E-state index contributed by atoms with van der Waals surface area (Å²) in [6, 6.07) is 8.60. The number of hydrogen-bond donors (Lipinski definition) is 2. The van der Waals surface area contributed by atoms with Crippen molar-refractivity contribution < 1.29 is 4.74 Å². The number of rotatable bonds is 6. The van der Waals surface area contributed by atoms with E-state index in [1.807, 2.05) is 30.7 Å². The first-order valence-corrected chi connectivity index (χ1v) is 7.09. The van der Waals surface area contributed by atoms with Crippen molar-refractivity contribution in [3.05, 3.63) is 48.7 Å². The Morgan fingerprint density at radius 2 is 2.29 bits per heavy atom. The molecule has 5 nitrogen and oxygen atoms in total. The van der Waals surface area contributed by atoms with Crippen molar-refractivity contribution in [3.8, 4) is 5.75 Å². The van der Waals surface area contributed by atoms with Crippen LogP contribution in [0.3, 0.4) is 0 Å². The third-order valence-electron chi connectivity index (χ3n) is 3.57. The summed E-state index contributed by atoms with van der Waals surface area (Å²) in [4.78, 5) is 7.48. The Hall–Kier alpha value is -2.27. The molecule has 110 valence electrons. The van der Waals surface area contributed by atoms with E-state index in [4.69, 9.17) is 4.74 Å². The van der Waals surface area contributed by atoms with Crippen LogP contribution >= 0.6 is 0 Å². The quantitative estimate of drug-likeness (QED) is 0.731. The first-order valence-electron chi connectivity index (χ1n) is 7.09. The number of nitrogens with one attached hydrogen (secondary N) is 2. The van der Waals surface area contributed by atoms with Crippen molar-refractivity contribution in [3.63, 3.8) is 0 Å². The number of aromatic amines is 1. The third kappa shape index (κ3) is 3.25. The molecular formula is C16H20N4O. The van der Waals surface area contributed by atoms with Gasteiger partial charge in [0, 0.05) is 48.1 Å². The molecule has 0 radical (unpaired) electrons. The van der Waals surface area contributed by atoms with Gasteiger partial charge in [0.25, 0.3) is 0 Å². The van der Waals surface area contributed by atoms with Gasteiger partial charge >= 0.3 is 0 Å². The molecule has 0 unspecified atom stereocenters. The maximum Gasteiger partial charge on any atom is 0.119 e. The highest BCUT2D eigenvalue weighted by Gasteiger charge is 2.05. The Bertz CT molecular complexity index is 702. The van der Waals surface area contributed by atoms with E-state index < -0.39 is 0 Å². The average molecular weight is 284 g/mol. The highest BCUT2D eigenvalue weighted by molar-refractivity contribution is 5.81. The third-order valence-corrected chi connectivity index (χ3v) is 3.57. The van der Waals surface area contributed by atoms with Gasteiger partial charge in [0.05, 0.1) is 13.4 Å². The van der Waals surface area contributed by atoms with Gasteiger partial charge in [0.2, 0.25) is 0 Å². The first kappa shape index (κ1) is 13.7. The fraction of sp³-hybridized carbons (Fsp3) is 0.312. The second-order valence-corrected chi connectivity index (χ2v) is 5.29. The molecule has 0 aliphatic rings. The number of benzene rings is 1. The number of hydrogen-bond acceptors (Lipinski definition) is 3. The van der Waals surface area contributed by atoms with Gasteiger partial charge in [0.15, 0.2) is 0 Å². The molecule has 0 fully saturated rings. The number of aromatic nitrogens is 3. The van der Waals surface area contributed by atoms with Gasteiger partial charge in [-0.1, -0.05) is 0 Å². The Morgan fingerprint density at radius 1 is 1.38 bits per heavy atom. The van der Waals surface area contributed by atoms with E-state index in [1.165, 1.54) is 11.1 Å². The van der Waals surface area contributed by atoms with Crippen LogP contribution in [0.25, 0.3) is 10.9 Å². The summed E-state index contributed by atoms with van der Waals surface area (Å²) >= 11 is 0. The van der Waals surface area contributed by atoms with Gasteiger partial charge in [-0.2, -0.15) is 0 Å². The molecule has 3 rings (SSSR count). The van der Waals surface area contributed by atoms with Gasteiger partial charge in [0.1, 0.15) is 5.75 Å². The lowest BCUT2D eigenvalue weighted by Crippen LogP contribution is -2.29. The molecule has 2 aromatic heterocycles. The van der Waals surface area contributed by atoms with Crippen LogP contribution < -0.4 is 10.1 Å². The van der Waals surface area contributed by atoms with Crippen LogP contribution in [-0.2, 0) is 13.1 Å². The van der Waals surface area contributed by atoms with E-state index in [9.17, 15) is 0 Å². The van der Waals surface area contributed by atoms with Crippen LogP contribution in [0, 0.1) is 0 Å². The second kappa shape index (κ2) is 6.01. The van der Waals surface area contributed by atoms with Crippen LogP contribution in [-0.4, -0.2) is 27.7 Å². The summed E-state index contributed by atoms with van der Waals surface area (Å²) in [5.74, 6) is 0.884. The molecule has 21 heavy (non-hydrogen) atoms. The number of ether oxygens (including phenoxy) is 1. The Labute approximate surface area is 124 Å². The Morgan fingerprint density at radius 3 is 3.05 bits per heavy atom. The lowest BCUT2D eigenvalue weighted by Gasteiger charge is -2.13. The number of fused-ring (bicyclic) bond motifs is 1. The molecule has 5 heteroatoms. The normalized spacial score (nSPS) is 12.7. The zero-order chi connectivity index (χ0) is 14.7. The first-order chi connectivity index (χ1) is 10.2. The average Bonchev–Trinajstić information content (AvgIpc) is 3.12. The van der Waals surface area contributed by atoms with Crippen molar-refractivity contribution in [1.82, 2.24) is 19.9 Å². The van der Waals surface area contributed by atoms with Gasteiger partial charge in [-0.3, -0.25) is 0 Å². The lowest BCUT2D eigenvalue weighted by molar-refractivity contribution is 0.415. The maximum absolute atomic E-state index is 5.25. The van der Waals surface area contributed by atoms with E-state index in [-0.39, 0.29) is 0 Å². The molecule has 0 saturated carbocycles. The van der Waals surface area contributed by atoms with Crippen molar-refractivity contribution in [2.24, 2.45) is 0 Å². The van der Waals surface area contributed by atoms with Crippen LogP contribution in [0.2, 0.25) is 0 Å². The summed E-state index contributed by atoms with van der Waals surface area (Å²) in [5, 5.41) is 4.69.